The molecule has 0 amide bonds. The molecule has 0 spiro atoms. The molecule has 0 bridgehead atoms. The largest absolute Gasteiger partial charge is 0.296 e. The Labute approximate surface area is 157 Å². The van der Waals surface area contributed by atoms with Crippen molar-refractivity contribution in [1.82, 2.24) is 19.0 Å². The first-order chi connectivity index (χ1) is 11.9. The van der Waals surface area contributed by atoms with Gasteiger partial charge in [-0.25, -0.2) is 8.42 Å². The molecule has 0 saturated carbocycles. The molecule has 25 heavy (non-hydrogen) atoms. The van der Waals surface area contributed by atoms with Crippen LogP contribution >= 0.6 is 15.9 Å². The summed E-state index contributed by atoms with van der Waals surface area (Å²) < 4.78 is 29.9. The van der Waals surface area contributed by atoms with Gasteiger partial charge in [-0.3, -0.25) is 9.58 Å². The van der Waals surface area contributed by atoms with E-state index >= 15 is 0 Å². The molecule has 136 valence electrons. The molecule has 1 saturated heterocycles. The minimum atomic E-state index is -3.41. The average Bonchev–Trinajstić information content (AvgIpc) is 2.96. The summed E-state index contributed by atoms with van der Waals surface area (Å²) in [6.07, 6.45) is 2.08. The predicted molar refractivity (Wildman–Crippen MR) is 101 cm³/mol. The van der Waals surface area contributed by atoms with Crippen LogP contribution in [0.15, 0.2) is 39.8 Å². The Morgan fingerprint density at radius 1 is 1.12 bits per heavy atom. The number of aryl methyl sites for hydroxylation is 2. The van der Waals surface area contributed by atoms with E-state index in [1.165, 1.54) is 5.56 Å². The number of rotatable bonds is 5. The summed E-state index contributed by atoms with van der Waals surface area (Å²) >= 11 is 3.34. The molecule has 6 nitrogen and oxygen atoms in total. The van der Waals surface area contributed by atoms with Gasteiger partial charge in [-0.15, -0.1) is 0 Å². The van der Waals surface area contributed by atoms with Crippen molar-refractivity contribution in [1.29, 1.82) is 0 Å². The van der Waals surface area contributed by atoms with Crippen LogP contribution in [-0.2, 0) is 23.1 Å². The van der Waals surface area contributed by atoms with Crippen LogP contribution in [0, 0.1) is 6.92 Å². The highest BCUT2D eigenvalue weighted by molar-refractivity contribution is 9.10. The van der Waals surface area contributed by atoms with Crippen LogP contribution in [0.25, 0.3) is 0 Å². The van der Waals surface area contributed by atoms with Crippen LogP contribution < -0.4 is 0 Å². The van der Waals surface area contributed by atoms with Gasteiger partial charge in [0.25, 0.3) is 0 Å². The van der Waals surface area contributed by atoms with Gasteiger partial charge in [-0.1, -0.05) is 15.9 Å². The molecule has 0 aliphatic carbocycles. The van der Waals surface area contributed by atoms with Crippen LogP contribution in [0.3, 0.4) is 0 Å². The molecule has 0 unspecified atom stereocenters. The first kappa shape index (κ1) is 18.6. The molecular formula is C17H23BrN4O2S. The Balaban J connectivity index is 1.63. The van der Waals surface area contributed by atoms with Crippen molar-refractivity contribution >= 4 is 26.0 Å². The van der Waals surface area contributed by atoms with E-state index in [4.69, 9.17) is 0 Å². The molecule has 1 aliphatic rings. The molecule has 0 radical (unpaired) electrons. The zero-order chi connectivity index (χ0) is 18.0. The third kappa shape index (κ3) is 4.13. The number of hydrogen-bond donors (Lipinski definition) is 0. The van der Waals surface area contributed by atoms with E-state index in [1.54, 1.807) is 28.6 Å². The van der Waals surface area contributed by atoms with Crippen LogP contribution in [0.4, 0.5) is 0 Å². The zero-order valence-corrected chi connectivity index (χ0v) is 16.9. The van der Waals surface area contributed by atoms with Gasteiger partial charge in [0, 0.05) is 55.5 Å². The zero-order valence-electron chi connectivity index (χ0n) is 14.5. The number of piperazine rings is 1. The molecular weight excluding hydrogens is 404 g/mol. The molecule has 0 atom stereocenters. The Hall–Kier alpha value is -1.22. The second-order valence-electron chi connectivity index (χ2n) is 6.23. The van der Waals surface area contributed by atoms with Crippen molar-refractivity contribution in [3.8, 4) is 0 Å². The summed E-state index contributed by atoms with van der Waals surface area (Å²) in [4.78, 5) is 2.64. The van der Waals surface area contributed by atoms with Crippen LogP contribution in [0.1, 0.15) is 18.2 Å². The van der Waals surface area contributed by atoms with Gasteiger partial charge in [0.15, 0.2) is 0 Å². The van der Waals surface area contributed by atoms with Gasteiger partial charge in [-0.2, -0.15) is 9.40 Å². The van der Waals surface area contributed by atoms with E-state index < -0.39 is 10.0 Å². The molecule has 2 heterocycles. The summed E-state index contributed by atoms with van der Waals surface area (Å²) in [6, 6.07) is 6.82. The monoisotopic (exact) mass is 426 g/mol. The summed E-state index contributed by atoms with van der Waals surface area (Å²) in [5, 5.41) is 4.48. The number of benzene rings is 1. The van der Waals surface area contributed by atoms with E-state index in [0.29, 0.717) is 18.0 Å². The summed E-state index contributed by atoms with van der Waals surface area (Å²) in [7, 11) is -3.41. The lowest BCUT2D eigenvalue weighted by atomic mass is 10.2. The third-order valence-corrected chi connectivity index (χ3v) is 6.99. The Kier molecular flexibility index (Phi) is 5.62. The van der Waals surface area contributed by atoms with E-state index in [9.17, 15) is 8.42 Å². The fraction of sp³-hybridized carbons (Fsp3) is 0.471. The summed E-state index contributed by atoms with van der Waals surface area (Å²) in [6.45, 7) is 8.26. The average molecular weight is 427 g/mol. The number of hydrogen-bond acceptors (Lipinski definition) is 4. The Morgan fingerprint density at radius 3 is 2.32 bits per heavy atom. The van der Waals surface area contributed by atoms with Crippen LogP contribution in [0.2, 0.25) is 0 Å². The van der Waals surface area contributed by atoms with Gasteiger partial charge in [0.2, 0.25) is 10.0 Å². The SMILES string of the molecule is CCn1cc(CN2CCN(S(=O)(=O)c3ccc(Br)cc3)CC2)c(C)n1. The minimum Gasteiger partial charge on any atom is -0.296 e. The molecule has 8 heteroatoms. The predicted octanol–water partition coefficient (Wildman–Crippen LogP) is 2.48. The lowest BCUT2D eigenvalue weighted by Crippen LogP contribution is -2.48. The fourth-order valence-corrected chi connectivity index (χ4v) is 4.69. The first-order valence-corrected chi connectivity index (χ1v) is 10.6. The highest BCUT2D eigenvalue weighted by atomic mass is 79.9. The normalized spacial score (nSPS) is 17.1. The van der Waals surface area contributed by atoms with E-state index in [-0.39, 0.29) is 0 Å². The number of nitrogens with zero attached hydrogens (tertiary/aromatic N) is 4. The lowest BCUT2D eigenvalue weighted by Gasteiger charge is -2.33. The van der Waals surface area contributed by atoms with Crippen molar-refractivity contribution < 1.29 is 8.42 Å². The van der Waals surface area contributed by atoms with Crippen LogP contribution in [0.5, 0.6) is 0 Å². The highest BCUT2D eigenvalue weighted by Crippen LogP contribution is 2.21. The number of sulfonamides is 1. The van der Waals surface area contributed by atoms with Crippen LogP contribution in [-0.4, -0.2) is 53.6 Å². The molecule has 1 aliphatic heterocycles. The topological polar surface area (TPSA) is 58.4 Å². The molecule has 1 aromatic heterocycles. The van der Waals surface area contributed by atoms with Gasteiger partial charge in [-0.05, 0) is 38.1 Å². The van der Waals surface area contributed by atoms with Crippen molar-refractivity contribution in [2.24, 2.45) is 0 Å². The molecule has 1 fully saturated rings. The smallest absolute Gasteiger partial charge is 0.243 e. The Morgan fingerprint density at radius 2 is 1.76 bits per heavy atom. The molecule has 1 aromatic carbocycles. The van der Waals surface area contributed by atoms with E-state index in [1.807, 2.05) is 11.6 Å². The van der Waals surface area contributed by atoms with Crippen molar-refractivity contribution in [2.75, 3.05) is 26.2 Å². The maximum absolute atomic E-state index is 12.7. The van der Waals surface area contributed by atoms with Gasteiger partial charge in [0.1, 0.15) is 0 Å². The highest BCUT2D eigenvalue weighted by Gasteiger charge is 2.28. The quantitative estimate of drug-likeness (QED) is 0.736. The maximum Gasteiger partial charge on any atom is 0.243 e. The van der Waals surface area contributed by atoms with Gasteiger partial charge >= 0.3 is 0 Å². The molecule has 0 N–H and O–H groups in total. The van der Waals surface area contributed by atoms with Gasteiger partial charge in [0.05, 0.1) is 10.6 Å². The summed E-state index contributed by atoms with van der Waals surface area (Å²) in [5.74, 6) is 0. The van der Waals surface area contributed by atoms with Crippen molar-refractivity contribution in [3.63, 3.8) is 0 Å². The number of halogens is 1. The first-order valence-electron chi connectivity index (χ1n) is 8.41. The minimum absolute atomic E-state index is 0.351. The van der Waals surface area contributed by atoms with Gasteiger partial charge < -0.3 is 0 Å². The Bertz CT molecular complexity index is 825. The summed E-state index contributed by atoms with van der Waals surface area (Å²) in [5.41, 5.74) is 2.26. The van der Waals surface area contributed by atoms with Crippen molar-refractivity contribution in [2.45, 2.75) is 31.8 Å². The second kappa shape index (κ2) is 7.57. The maximum atomic E-state index is 12.7. The molecule has 2 aromatic rings. The van der Waals surface area contributed by atoms with E-state index in [2.05, 4.69) is 39.0 Å². The number of aromatic nitrogens is 2. The molecule has 3 rings (SSSR count). The third-order valence-electron chi connectivity index (χ3n) is 4.55. The fourth-order valence-electron chi connectivity index (χ4n) is 3.00. The lowest BCUT2D eigenvalue weighted by molar-refractivity contribution is 0.181. The second-order valence-corrected chi connectivity index (χ2v) is 9.08. The standard InChI is InChI=1S/C17H23BrN4O2S/c1-3-21-13-15(14(2)19-21)12-20-8-10-22(11-9-20)25(23,24)17-6-4-16(18)5-7-17/h4-7,13H,3,8-12H2,1-2H3. The van der Waals surface area contributed by atoms with Crippen molar-refractivity contribution in [3.05, 3.63) is 46.2 Å². The van der Waals surface area contributed by atoms with E-state index in [0.717, 1.165) is 36.3 Å².